The summed E-state index contributed by atoms with van der Waals surface area (Å²) in [6.07, 6.45) is 5.81. The summed E-state index contributed by atoms with van der Waals surface area (Å²) in [5.41, 5.74) is 6.73. The first kappa shape index (κ1) is 10.8. The third-order valence-corrected chi connectivity index (χ3v) is 2.49. The number of aromatic nitrogens is 1. The molecule has 1 saturated heterocycles. The van der Waals surface area contributed by atoms with Crippen molar-refractivity contribution in [1.29, 1.82) is 0 Å². The molecule has 0 amide bonds. The molecule has 3 heteroatoms. The second kappa shape index (κ2) is 4.84. The summed E-state index contributed by atoms with van der Waals surface area (Å²) in [6, 6.07) is 3.91. The Morgan fingerprint density at radius 3 is 2.43 bits per heavy atom. The van der Waals surface area contributed by atoms with E-state index in [1.807, 2.05) is 18.3 Å². The molecule has 1 aliphatic rings. The first-order valence-electron chi connectivity index (χ1n) is 4.83. The maximum Gasteiger partial charge on any atom is 0.123 e. The van der Waals surface area contributed by atoms with Gasteiger partial charge in [-0.05, 0) is 31.4 Å². The molecule has 0 spiro atoms. The Bertz CT molecular complexity index is 262. The molecular formula is C11H19N3. The first-order chi connectivity index (χ1) is 6.36. The predicted octanol–water partition coefficient (Wildman–Crippen LogP) is 2.29. The number of hydrogen-bond acceptors (Lipinski definition) is 3. The molecule has 78 valence electrons. The van der Waals surface area contributed by atoms with E-state index in [0.717, 1.165) is 13.1 Å². The van der Waals surface area contributed by atoms with Crippen molar-refractivity contribution in [3.63, 3.8) is 0 Å². The maximum absolute atomic E-state index is 5.53. The topological polar surface area (TPSA) is 42.1 Å². The fourth-order valence-electron chi connectivity index (χ4n) is 1.74. The van der Waals surface area contributed by atoms with Crippen LogP contribution in [0.2, 0.25) is 0 Å². The zero-order valence-electron chi connectivity index (χ0n) is 7.74. The molecule has 1 aliphatic heterocycles. The summed E-state index contributed by atoms with van der Waals surface area (Å²) in [7, 11) is 0. The van der Waals surface area contributed by atoms with Crippen LogP contribution in [0.25, 0.3) is 0 Å². The minimum atomic E-state index is 0. The van der Waals surface area contributed by atoms with Gasteiger partial charge >= 0.3 is 0 Å². The van der Waals surface area contributed by atoms with E-state index in [1.165, 1.54) is 24.9 Å². The van der Waals surface area contributed by atoms with E-state index in [2.05, 4.69) is 9.88 Å². The highest BCUT2D eigenvalue weighted by atomic mass is 15.1. The normalized spacial score (nSPS) is 16.1. The second-order valence-electron chi connectivity index (χ2n) is 3.49. The molecule has 3 nitrogen and oxygen atoms in total. The van der Waals surface area contributed by atoms with E-state index in [-0.39, 0.29) is 7.43 Å². The summed E-state index contributed by atoms with van der Waals surface area (Å²) >= 11 is 0. The molecule has 0 radical (unpaired) electrons. The fraction of sp³-hybridized carbons (Fsp3) is 0.545. The van der Waals surface area contributed by atoms with Crippen LogP contribution in [0.3, 0.4) is 0 Å². The molecule has 1 fully saturated rings. The lowest BCUT2D eigenvalue weighted by atomic mass is 10.1. The Hall–Kier alpha value is -1.25. The molecule has 2 heterocycles. The minimum absolute atomic E-state index is 0. The maximum atomic E-state index is 5.53. The van der Waals surface area contributed by atoms with Gasteiger partial charge in [0, 0.05) is 13.1 Å². The Balaban J connectivity index is 0.000000980. The van der Waals surface area contributed by atoms with Crippen molar-refractivity contribution in [3.05, 3.63) is 18.3 Å². The SMILES string of the molecule is C.Nc1ccc(N2CCCCC2)cn1. The molecule has 0 atom stereocenters. The standard InChI is InChI=1S/C10H15N3.CH4/c11-10-5-4-9(8-12-10)13-6-2-1-3-7-13;/h4-5,8H,1-3,6-7H2,(H2,11,12);1H4. The van der Waals surface area contributed by atoms with E-state index in [1.54, 1.807) is 0 Å². The molecule has 2 N–H and O–H groups in total. The van der Waals surface area contributed by atoms with Crippen LogP contribution in [0.15, 0.2) is 18.3 Å². The number of rotatable bonds is 1. The van der Waals surface area contributed by atoms with Crippen LogP contribution in [-0.2, 0) is 0 Å². The average Bonchev–Trinajstić information content (AvgIpc) is 2.20. The number of piperidine rings is 1. The monoisotopic (exact) mass is 193 g/mol. The van der Waals surface area contributed by atoms with Gasteiger partial charge in [0.2, 0.25) is 0 Å². The predicted molar refractivity (Wildman–Crippen MR) is 61.4 cm³/mol. The molecule has 14 heavy (non-hydrogen) atoms. The number of nitrogens with two attached hydrogens (primary N) is 1. The molecule has 1 aromatic heterocycles. The van der Waals surface area contributed by atoms with Crippen molar-refractivity contribution >= 4 is 11.5 Å². The summed E-state index contributed by atoms with van der Waals surface area (Å²) < 4.78 is 0. The largest absolute Gasteiger partial charge is 0.384 e. The molecule has 0 aromatic carbocycles. The third-order valence-electron chi connectivity index (χ3n) is 2.49. The van der Waals surface area contributed by atoms with Crippen LogP contribution in [-0.4, -0.2) is 18.1 Å². The van der Waals surface area contributed by atoms with Gasteiger partial charge in [0.15, 0.2) is 0 Å². The van der Waals surface area contributed by atoms with Gasteiger partial charge in [-0.1, -0.05) is 7.43 Å². The Kier molecular flexibility index (Phi) is 3.74. The van der Waals surface area contributed by atoms with E-state index in [9.17, 15) is 0 Å². The zero-order chi connectivity index (χ0) is 9.10. The van der Waals surface area contributed by atoms with Gasteiger partial charge in [0.05, 0.1) is 11.9 Å². The van der Waals surface area contributed by atoms with Crippen molar-refractivity contribution in [2.45, 2.75) is 26.7 Å². The molecule has 0 aliphatic carbocycles. The lowest BCUT2D eigenvalue weighted by Gasteiger charge is -2.28. The molecule has 0 unspecified atom stereocenters. The summed E-state index contributed by atoms with van der Waals surface area (Å²) in [6.45, 7) is 2.32. The van der Waals surface area contributed by atoms with E-state index < -0.39 is 0 Å². The van der Waals surface area contributed by atoms with Crippen LogP contribution in [0.1, 0.15) is 26.7 Å². The quantitative estimate of drug-likeness (QED) is 0.744. The van der Waals surface area contributed by atoms with Crippen molar-refractivity contribution in [2.24, 2.45) is 0 Å². The molecular weight excluding hydrogens is 174 g/mol. The van der Waals surface area contributed by atoms with E-state index in [4.69, 9.17) is 5.73 Å². The fourth-order valence-corrected chi connectivity index (χ4v) is 1.74. The smallest absolute Gasteiger partial charge is 0.123 e. The molecule has 0 saturated carbocycles. The third kappa shape index (κ3) is 2.37. The summed E-state index contributed by atoms with van der Waals surface area (Å²) in [4.78, 5) is 6.46. The lowest BCUT2D eigenvalue weighted by Crippen LogP contribution is -2.29. The van der Waals surface area contributed by atoms with Gasteiger partial charge < -0.3 is 10.6 Å². The average molecular weight is 193 g/mol. The van der Waals surface area contributed by atoms with Crippen LogP contribution >= 0.6 is 0 Å². The highest BCUT2D eigenvalue weighted by molar-refractivity contribution is 5.48. The van der Waals surface area contributed by atoms with Gasteiger partial charge in [0.25, 0.3) is 0 Å². The number of pyridine rings is 1. The van der Waals surface area contributed by atoms with Gasteiger partial charge in [-0.15, -0.1) is 0 Å². The molecule has 2 rings (SSSR count). The van der Waals surface area contributed by atoms with Gasteiger partial charge in [-0.2, -0.15) is 0 Å². The second-order valence-corrected chi connectivity index (χ2v) is 3.49. The number of hydrogen-bond donors (Lipinski definition) is 1. The van der Waals surface area contributed by atoms with Crippen molar-refractivity contribution in [3.8, 4) is 0 Å². The van der Waals surface area contributed by atoms with Crippen molar-refractivity contribution < 1.29 is 0 Å². The Morgan fingerprint density at radius 2 is 1.86 bits per heavy atom. The van der Waals surface area contributed by atoms with Gasteiger partial charge in [-0.25, -0.2) is 4.98 Å². The van der Waals surface area contributed by atoms with Crippen LogP contribution < -0.4 is 10.6 Å². The van der Waals surface area contributed by atoms with E-state index in [0.29, 0.717) is 5.82 Å². The van der Waals surface area contributed by atoms with Crippen LogP contribution in [0.4, 0.5) is 11.5 Å². The molecule has 1 aromatic rings. The Labute approximate surface area is 85.9 Å². The number of anilines is 2. The lowest BCUT2D eigenvalue weighted by molar-refractivity contribution is 0.577. The summed E-state index contributed by atoms with van der Waals surface area (Å²) in [5, 5.41) is 0. The zero-order valence-corrected chi connectivity index (χ0v) is 7.74. The first-order valence-corrected chi connectivity index (χ1v) is 4.83. The highest BCUT2D eigenvalue weighted by Gasteiger charge is 2.10. The highest BCUT2D eigenvalue weighted by Crippen LogP contribution is 2.18. The number of nitrogens with zero attached hydrogens (tertiary/aromatic N) is 2. The molecule has 0 bridgehead atoms. The minimum Gasteiger partial charge on any atom is -0.384 e. The summed E-state index contributed by atoms with van der Waals surface area (Å²) in [5.74, 6) is 0.598. The van der Waals surface area contributed by atoms with Crippen molar-refractivity contribution in [2.75, 3.05) is 23.7 Å². The number of nitrogen functional groups attached to an aromatic ring is 1. The Morgan fingerprint density at radius 1 is 1.14 bits per heavy atom. The van der Waals surface area contributed by atoms with Gasteiger partial charge in [-0.3, -0.25) is 0 Å². The van der Waals surface area contributed by atoms with Crippen LogP contribution in [0.5, 0.6) is 0 Å². The van der Waals surface area contributed by atoms with E-state index >= 15 is 0 Å². The van der Waals surface area contributed by atoms with Gasteiger partial charge in [0.1, 0.15) is 5.82 Å². The van der Waals surface area contributed by atoms with Crippen LogP contribution in [0, 0.1) is 0 Å². The van der Waals surface area contributed by atoms with Crippen molar-refractivity contribution in [1.82, 2.24) is 4.98 Å².